The molecule has 1 N–H and O–H groups in total. The molecule has 134 valence electrons. The van der Waals surface area contributed by atoms with E-state index in [0.717, 1.165) is 5.56 Å². The second-order valence-corrected chi connectivity index (χ2v) is 6.63. The molecule has 2 heterocycles. The maximum Gasteiger partial charge on any atom is 0.234 e. The number of halogens is 2. The van der Waals surface area contributed by atoms with Gasteiger partial charge >= 0.3 is 0 Å². The fourth-order valence-electron chi connectivity index (χ4n) is 2.30. The highest BCUT2D eigenvalue weighted by molar-refractivity contribution is 7.99. The second-order valence-electron chi connectivity index (χ2n) is 5.25. The van der Waals surface area contributed by atoms with Gasteiger partial charge in [0, 0.05) is 29.5 Å². The van der Waals surface area contributed by atoms with Gasteiger partial charge in [0.25, 0.3) is 0 Å². The van der Waals surface area contributed by atoms with Crippen molar-refractivity contribution in [3.63, 3.8) is 0 Å². The van der Waals surface area contributed by atoms with Crippen molar-refractivity contribution in [2.45, 2.75) is 18.6 Å². The van der Waals surface area contributed by atoms with Crippen LogP contribution < -0.4 is 5.32 Å². The fraction of sp³-hybridized carbons (Fsp3) is 0.176. The van der Waals surface area contributed by atoms with E-state index in [2.05, 4.69) is 20.5 Å². The van der Waals surface area contributed by atoms with Gasteiger partial charge in [0.15, 0.2) is 11.0 Å². The summed E-state index contributed by atoms with van der Waals surface area (Å²) in [4.78, 5) is 16.1. The first-order valence-corrected chi connectivity index (χ1v) is 9.16. The van der Waals surface area contributed by atoms with E-state index in [9.17, 15) is 9.18 Å². The predicted octanol–water partition coefficient (Wildman–Crippen LogP) is 3.88. The summed E-state index contributed by atoms with van der Waals surface area (Å²) in [5.74, 6) is -0.115. The van der Waals surface area contributed by atoms with Crippen molar-refractivity contribution in [3.8, 4) is 11.4 Å². The summed E-state index contributed by atoms with van der Waals surface area (Å²) in [5.41, 5.74) is 0.948. The van der Waals surface area contributed by atoms with E-state index in [4.69, 9.17) is 11.6 Å². The summed E-state index contributed by atoms with van der Waals surface area (Å²) >= 11 is 7.06. The molecule has 0 unspecified atom stereocenters. The third kappa shape index (κ3) is 4.20. The summed E-state index contributed by atoms with van der Waals surface area (Å²) in [5, 5.41) is 11.8. The molecule has 0 aliphatic heterocycles. The number of rotatable bonds is 6. The molecule has 0 saturated carbocycles. The average molecular weight is 392 g/mol. The van der Waals surface area contributed by atoms with Crippen LogP contribution in [-0.4, -0.2) is 31.4 Å². The maximum absolute atomic E-state index is 13.7. The number of hydrogen-bond acceptors (Lipinski definition) is 5. The van der Waals surface area contributed by atoms with Gasteiger partial charge in [-0.15, -0.1) is 10.2 Å². The molecule has 9 heteroatoms. The lowest BCUT2D eigenvalue weighted by molar-refractivity contribution is -0.113. The number of thioether (sulfide) groups is 1. The van der Waals surface area contributed by atoms with Gasteiger partial charge in [-0.1, -0.05) is 23.4 Å². The Kier molecular flexibility index (Phi) is 5.85. The number of nitrogens with one attached hydrogen (secondary N) is 1. The molecule has 0 bridgehead atoms. The lowest BCUT2D eigenvalue weighted by atomic mass is 10.2. The lowest BCUT2D eigenvalue weighted by Crippen LogP contribution is -2.15. The molecule has 0 spiro atoms. The van der Waals surface area contributed by atoms with E-state index in [1.54, 1.807) is 12.4 Å². The zero-order chi connectivity index (χ0) is 18.5. The minimum atomic E-state index is -0.538. The Morgan fingerprint density at radius 1 is 1.27 bits per heavy atom. The number of benzene rings is 1. The Bertz CT molecular complexity index is 919. The highest BCUT2D eigenvalue weighted by Crippen LogP contribution is 2.24. The number of carbonyl (C=O) groups excluding carboxylic acids is 1. The highest BCUT2D eigenvalue weighted by Gasteiger charge is 2.15. The molecule has 3 rings (SSSR count). The molecule has 0 atom stereocenters. The van der Waals surface area contributed by atoms with E-state index in [-0.39, 0.29) is 17.3 Å². The minimum absolute atomic E-state index is 0.0533. The molecule has 0 aliphatic rings. The van der Waals surface area contributed by atoms with Gasteiger partial charge in [0.1, 0.15) is 5.82 Å². The van der Waals surface area contributed by atoms with Gasteiger partial charge in [-0.25, -0.2) is 4.39 Å². The van der Waals surface area contributed by atoms with Gasteiger partial charge in [-0.3, -0.25) is 9.78 Å². The smallest absolute Gasteiger partial charge is 0.234 e. The third-order valence-corrected chi connectivity index (χ3v) is 4.71. The van der Waals surface area contributed by atoms with Crippen molar-refractivity contribution in [1.82, 2.24) is 19.7 Å². The summed E-state index contributed by atoms with van der Waals surface area (Å²) in [6.45, 7) is 2.62. The number of nitrogens with zero attached hydrogens (tertiary/aromatic N) is 4. The maximum atomic E-state index is 13.7. The Balaban J connectivity index is 1.69. The molecular weight excluding hydrogens is 377 g/mol. The van der Waals surface area contributed by atoms with Crippen molar-refractivity contribution in [2.75, 3.05) is 11.1 Å². The summed E-state index contributed by atoms with van der Waals surface area (Å²) < 4.78 is 15.6. The van der Waals surface area contributed by atoms with Crippen LogP contribution in [0.15, 0.2) is 47.9 Å². The molecule has 1 aromatic carbocycles. The van der Waals surface area contributed by atoms with Crippen LogP contribution in [0, 0.1) is 5.82 Å². The summed E-state index contributed by atoms with van der Waals surface area (Å²) in [6.07, 6.45) is 3.37. The van der Waals surface area contributed by atoms with Crippen LogP contribution in [0.5, 0.6) is 0 Å². The van der Waals surface area contributed by atoms with Gasteiger partial charge in [0.05, 0.1) is 11.4 Å². The molecule has 2 aromatic heterocycles. The average Bonchev–Trinajstić information content (AvgIpc) is 3.06. The van der Waals surface area contributed by atoms with Gasteiger partial charge in [-0.05, 0) is 37.3 Å². The first-order chi connectivity index (χ1) is 12.6. The summed E-state index contributed by atoms with van der Waals surface area (Å²) in [7, 11) is 0. The van der Waals surface area contributed by atoms with Crippen LogP contribution in [0.4, 0.5) is 10.1 Å². The number of pyridine rings is 1. The van der Waals surface area contributed by atoms with Gasteiger partial charge in [-0.2, -0.15) is 0 Å². The quantitative estimate of drug-likeness (QED) is 0.645. The Morgan fingerprint density at radius 3 is 2.77 bits per heavy atom. The number of anilines is 1. The van der Waals surface area contributed by atoms with Crippen LogP contribution in [0.1, 0.15) is 6.92 Å². The zero-order valence-electron chi connectivity index (χ0n) is 13.8. The first kappa shape index (κ1) is 18.3. The van der Waals surface area contributed by atoms with E-state index in [1.807, 2.05) is 23.6 Å². The number of amides is 1. The van der Waals surface area contributed by atoms with Crippen LogP contribution in [0.2, 0.25) is 5.02 Å². The molecule has 3 aromatic rings. The molecular formula is C17H15ClFN5OS. The Labute approximate surface area is 158 Å². The normalized spacial score (nSPS) is 10.7. The standard InChI is InChI=1S/C17H15ClFN5OS/c1-2-24-16(11-5-7-20-8-6-11)22-23-17(24)26-10-15(25)21-14-9-12(18)3-4-13(14)19/h3-9H,2,10H2,1H3,(H,21,25). The highest BCUT2D eigenvalue weighted by atomic mass is 35.5. The number of carbonyl (C=O) groups is 1. The fourth-order valence-corrected chi connectivity index (χ4v) is 3.28. The summed E-state index contributed by atoms with van der Waals surface area (Å²) in [6, 6.07) is 7.69. The van der Waals surface area contributed by atoms with Crippen LogP contribution >= 0.6 is 23.4 Å². The van der Waals surface area contributed by atoms with Crippen molar-refractivity contribution >= 4 is 35.0 Å². The minimum Gasteiger partial charge on any atom is -0.323 e. The third-order valence-electron chi connectivity index (χ3n) is 3.51. The Morgan fingerprint density at radius 2 is 2.04 bits per heavy atom. The van der Waals surface area contributed by atoms with Crippen molar-refractivity contribution in [3.05, 3.63) is 53.6 Å². The van der Waals surface area contributed by atoms with Crippen LogP contribution in [0.25, 0.3) is 11.4 Å². The molecule has 0 fully saturated rings. The van der Waals surface area contributed by atoms with Gasteiger partial charge in [0.2, 0.25) is 5.91 Å². The topological polar surface area (TPSA) is 72.7 Å². The van der Waals surface area contributed by atoms with E-state index >= 15 is 0 Å². The van der Waals surface area contributed by atoms with E-state index in [1.165, 1.54) is 30.0 Å². The number of hydrogen-bond donors (Lipinski definition) is 1. The molecule has 6 nitrogen and oxygen atoms in total. The number of aromatic nitrogens is 4. The monoisotopic (exact) mass is 391 g/mol. The molecule has 0 saturated heterocycles. The molecule has 0 radical (unpaired) electrons. The second kappa shape index (κ2) is 8.29. The van der Waals surface area contributed by atoms with Crippen molar-refractivity contribution < 1.29 is 9.18 Å². The lowest BCUT2D eigenvalue weighted by Gasteiger charge is -2.08. The van der Waals surface area contributed by atoms with Crippen molar-refractivity contribution in [1.29, 1.82) is 0 Å². The van der Waals surface area contributed by atoms with E-state index < -0.39 is 5.82 Å². The first-order valence-electron chi connectivity index (χ1n) is 7.79. The van der Waals surface area contributed by atoms with Gasteiger partial charge < -0.3 is 9.88 Å². The molecule has 0 aliphatic carbocycles. The Hall–Kier alpha value is -2.45. The SMILES string of the molecule is CCn1c(SCC(=O)Nc2cc(Cl)ccc2F)nnc1-c1ccncc1. The largest absolute Gasteiger partial charge is 0.323 e. The molecule has 26 heavy (non-hydrogen) atoms. The van der Waals surface area contributed by atoms with Crippen molar-refractivity contribution in [2.24, 2.45) is 0 Å². The molecule has 1 amide bonds. The van der Waals surface area contributed by atoms with Crippen LogP contribution in [-0.2, 0) is 11.3 Å². The van der Waals surface area contributed by atoms with Crippen LogP contribution in [0.3, 0.4) is 0 Å². The van der Waals surface area contributed by atoms with E-state index in [0.29, 0.717) is 22.5 Å². The zero-order valence-corrected chi connectivity index (χ0v) is 15.4. The predicted molar refractivity (Wildman–Crippen MR) is 99.7 cm³/mol.